The first-order valence-electron chi connectivity index (χ1n) is 5.48. The third-order valence-corrected chi connectivity index (χ3v) is 3.72. The fourth-order valence-corrected chi connectivity index (χ4v) is 2.67. The van der Waals surface area contributed by atoms with E-state index < -0.39 is 5.97 Å². The van der Waals surface area contributed by atoms with Crippen molar-refractivity contribution >= 4 is 29.3 Å². The van der Waals surface area contributed by atoms with Crippen molar-refractivity contribution in [1.29, 1.82) is 0 Å². The molecule has 0 amide bonds. The van der Waals surface area contributed by atoms with E-state index in [0.29, 0.717) is 10.8 Å². The molecule has 1 heterocycles. The van der Waals surface area contributed by atoms with Crippen LogP contribution in [0, 0.1) is 0 Å². The van der Waals surface area contributed by atoms with Crippen LogP contribution in [0.25, 0.3) is 0 Å². The van der Waals surface area contributed by atoms with E-state index in [2.05, 4.69) is 9.97 Å². The van der Waals surface area contributed by atoms with Gasteiger partial charge in [0.15, 0.2) is 0 Å². The molecule has 0 fully saturated rings. The number of nitrogens with zero attached hydrogens (tertiary/aromatic N) is 2. The van der Waals surface area contributed by atoms with Crippen molar-refractivity contribution in [2.24, 2.45) is 0 Å². The molecule has 1 aromatic carbocycles. The average Bonchev–Trinajstić information content (AvgIpc) is 2.45. The molecule has 0 N–H and O–H groups in total. The Morgan fingerprint density at radius 3 is 2.74 bits per heavy atom. The Labute approximate surface area is 120 Å². The molecule has 0 aliphatic rings. The topological polar surface area (TPSA) is 52.1 Å². The highest BCUT2D eigenvalue weighted by Gasteiger charge is 2.18. The third kappa shape index (κ3) is 3.45. The summed E-state index contributed by atoms with van der Waals surface area (Å²) in [5.41, 5.74) is 1.35. The minimum atomic E-state index is -0.527. The van der Waals surface area contributed by atoms with E-state index in [-0.39, 0.29) is 10.7 Å². The highest BCUT2D eigenvalue weighted by molar-refractivity contribution is 7.98. The zero-order chi connectivity index (χ0) is 13.7. The van der Waals surface area contributed by atoms with Gasteiger partial charge in [-0.2, -0.15) is 0 Å². The van der Waals surface area contributed by atoms with Gasteiger partial charge in [0.05, 0.1) is 7.11 Å². The number of benzene rings is 1. The van der Waals surface area contributed by atoms with Gasteiger partial charge >= 0.3 is 5.97 Å². The number of ether oxygens (including phenoxy) is 1. The molecule has 0 unspecified atom stereocenters. The van der Waals surface area contributed by atoms with Gasteiger partial charge in [-0.15, -0.1) is 11.8 Å². The van der Waals surface area contributed by atoms with Crippen LogP contribution in [0.4, 0.5) is 0 Å². The number of esters is 1. The predicted molar refractivity (Wildman–Crippen MR) is 74.4 cm³/mol. The molecule has 0 saturated carbocycles. The minimum Gasteiger partial charge on any atom is -0.465 e. The number of rotatable bonds is 4. The van der Waals surface area contributed by atoms with Crippen LogP contribution in [0.5, 0.6) is 0 Å². The molecule has 0 atom stereocenters. The molecule has 0 aliphatic heterocycles. The monoisotopic (exact) mass is 294 g/mol. The second-order valence-electron chi connectivity index (χ2n) is 3.61. The Bertz CT molecular complexity index is 578. The molecule has 0 bridgehead atoms. The summed E-state index contributed by atoms with van der Waals surface area (Å²) < 4.78 is 4.69. The lowest BCUT2D eigenvalue weighted by Crippen LogP contribution is -2.07. The summed E-state index contributed by atoms with van der Waals surface area (Å²) in [6, 6.07) is 9.89. The second kappa shape index (κ2) is 6.54. The van der Waals surface area contributed by atoms with E-state index in [9.17, 15) is 4.79 Å². The van der Waals surface area contributed by atoms with Crippen molar-refractivity contribution in [3.63, 3.8) is 0 Å². The van der Waals surface area contributed by atoms with Crippen LogP contribution in [-0.2, 0) is 10.5 Å². The molecule has 0 aliphatic carbocycles. The van der Waals surface area contributed by atoms with Crippen LogP contribution in [0.3, 0.4) is 0 Å². The summed E-state index contributed by atoms with van der Waals surface area (Å²) in [6.07, 6.45) is 1.34. The van der Waals surface area contributed by atoms with Crippen molar-refractivity contribution in [3.8, 4) is 0 Å². The molecular formula is C13H11ClN2O2S. The van der Waals surface area contributed by atoms with Crippen molar-refractivity contribution in [2.45, 2.75) is 10.8 Å². The molecular weight excluding hydrogens is 284 g/mol. The third-order valence-electron chi connectivity index (χ3n) is 2.37. The number of methoxy groups -OCH3 is 1. The molecule has 6 heteroatoms. The van der Waals surface area contributed by atoms with Crippen molar-refractivity contribution in [2.75, 3.05) is 7.11 Å². The first kappa shape index (κ1) is 13.8. The van der Waals surface area contributed by atoms with Crippen LogP contribution in [0.1, 0.15) is 15.9 Å². The Kier molecular flexibility index (Phi) is 4.76. The molecule has 98 valence electrons. The van der Waals surface area contributed by atoms with Gasteiger partial charge in [0.25, 0.3) is 0 Å². The summed E-state index contributed by atoms with van der Waals surface area (Å²) in [6.45, 7) is 0. The number of thioether (sulfide) groups is 1. The second-order valence-corrected chi connectivity index (χ2v) is 4.93. The van der Waals surface area contributed by atoms with E-state index in [4.69, 9.17) is 16.3 Å². The highest BCUT2D eigenvalue weighted by Crippen LogP contribution is 2.27. The zero-order valence-electron chi connectivity index (χ0n) is 10.2. The zero-order valence-corrected chi connectivity index (χ0v) is 11.7. The van der Waals surface area contributed by atoms with E-state index in [1.165, 1.54) is 25.2 Å². The molecule has 0 saturated heterocycles. The quantitative estimate of drug-likeness (QED) is 0.492. The summed E-state index contributed by atoms with van der Waals surface area (Å²) in [4.78, 5) is 19.6. The number of aromatic nitrogens is 2. The van der Waals surface area contributed by atoms with Gasteiger partial charge in [0.2, 0.25) is 0 Å². The number of halogens is 1. The molecule has 2 aromatic rings. The van der Waals surface area contributed by atoms with Gasteiger partial charge in [-0.1, -0.05) is 41.9 Å². The van der Waals surface area contributed by atoms with Crippen molar-refractivity contribution < 1.29 is 9.53 Å². The minimum absolute atomic E-state index is 0.109. The maximum atomic E-state index is 11.7. The number of hydrogen-bond donors (Lipinski definition) is 0. The van der Waals surface area contributed by atoms with Crippen LogP contribution in [-0.4, -0.2) is 23.0 Å². The van der Waals surface area contributed by atoms with Gasteiger partial charge in [-0.25, -0.2) is 14.8 Å². The van der Waals surface area contributed by atoms with E-state index in [1.807, 2.05) is 30.3 Å². The number of carbonyl (C=O) groups is 1. The SMILES string of the molecule is COC(=O)c1c(Cl)ncnc1SCc1ccccc1. The largest absolute Gasteiger partial charge is 0.465 e. The van der Waals surface area contributed by atoms with Crippen molar-refractivity contribution in [1.82, 2.24) is 9.97 Å². The first-order valence-corrected chi connectivity index (χ1v) is 6.84. The molecule has 2 rings (SSSR count). The van der Waals surface area contributed by atoms with Crippen molar-refractivity contribution in [3.05, 3.63) is 52.9 Å². The number of hydrogen-bond acceptors (Lipinski definition) is 5. The van der Waals surface area contributed by atoms with Gasteiger partial charge in [0.1, 0.15) is 22.1 Å². The highest BCUT2D eigenvalue weighted by atomic mass is 35.5. The maximum absolute atomic E-state index is 11.7. The van der Waals surface area contributed by atoms with Crippen LogP contribution < -0.4 is 0 Å². The molecule has 1 aromatic heterocycles. The fraction of sp³-hybridized carbons (Fsp3) is 0.154. The Hall–Kier alpha value is -1.59. The Balaban J connectivity index is 2.21. The van der Waals surface area contributed by atoms with Crippen LogP contribution >= 0.6 is 23.4 Å². The first-order chi connectivity index (χ1) is 9.22. The molecule has 4 nitrogen and oxygen atoms in total. The lowest BCUT2D eigenvalue weighted by atomic mass is 10.2. The summed E-state index contributed by atoms with van der Waals surface area (Å²) in [5, 5.41) is 0.633. The predicted octanol–water partition coefficient (Wildman–Crippen LogP) is 3.21. The molecule has 19 heavy (non-hydrogen) atoms. The number of carbonyl (C=O) groups excluding carboxylic acids is 1. The molecule has 0 spiro atoms. The fourth-order valence-electron chi connectivity index (χ4n) is 1.46. The van der Waals surface area contributed by atoms with Gasteiger partial charge < -0.3 is 4.74 Å². The van der Waals surface area contributed by atoms with E-state index >= 15 is 0 Å². The summed E-state index contributed by atoms with van der Waals surface area (Å²) >= 11 is 7.34. The maximum Gasteiger partial charge on any atom is 0.343 e. The van der Waals surface area contributed by atoms with E-state index in [1.54, 1.807) is 0 Å². The van der Waals surface area contributed by atoms with Gasteiger partial charge in [-0.3, -0.25) is 0 Å². The van der Waals surface area contributed by atoms with Gasteiger partial charge in [-0.05, 0) is 5.56 Å². The normalized spacial score (nSPS) is 10.2. The smallest absolute Gasteiger partial charge is 0.343 e. The van der Waals surface area contributed by atoms with Crippen LogP contribution in [0.15, 0.2) is 41.7 Å². The van der Waals surface area contributed by atoms with Gasteiger partial charge in [0, 0.05) is 5.75 Å². The molecule has 0 radical (unpaired) electrons. The average molecular weight is 295 g/mol. The lowest BCUT2D eigenvalue weighted by Gasteiger charge is -2.07. The Morgan fingerprint density at radius 1 is 1.32 bits per heavy atom. The Morgan fingerprint density at radius 2 is 2.05 bits per heavy atom. The van der Waals surface area contributed by atoms with E-state index in [0.717, 1.165) is 5.56 Å². The van der Waals surface area contributed by atoms with Crippen LogP contribution in [0.2, 0.25) is 5.15 Å². The summed E-state index contributed by atoms with van der Waals surface area (Å²) in [7, 11) is 1.30. The summed E-state index contributed by atoms with van der Waals surface area (Å²) in [5.74, 6) is 0.166. The lowest BCUT2D eigenvalue weighted by molar-refractivity contribution is 0.0595. The standard InChI is InChI=1S/C13H11ClN2O2S/c1-18-13(17)10-11(14)15-8-16-12(10)19-7-9-5-3-2-4-6-9/h2-6,8H,7H2,1H3.